The average Bonchev–Trinajstić information content (AvgIpc) is 2.18. The molecule has 0 atom stereocenters. The summed E-state index contributed by atoms with van der Waals surface area (Å²) in [6, 6.07) is 0. The largest absolute Gasteiger partial charge is 0.392 e. The topological polar surface area (TPSA) is 56.1 Å². The van der Waals surface area contributed by atoms with Gasteiger partial charge >= 0.3 is 0 Å². The maximum Gasteiger partial charge on any atom is 0.0693 e. The van der Waals surface area contributed by atoms with E-state index in [-0.39, 0.29) is 6.61 Å². The van der Waals surface area contributed by atoms with Crippen molar-refractivity contribution in [1.29, 1.82) is 5.41 Å². The maximum atomic E-state index is 8.31. The van der Waals surface area contributed by atoms with Gasteiger partial charge in [0.2, 0.25) is 0 Å². The van der Waals surface area contributed by atoms with E-state index >= 15 is 0 Å². The van der Waals surface area contributed by atoms with Crippen molar-refractivity contribution in [3.63, 3.8) is 0 Å². The Hall–Kier alpha value is -0.670. The normalized spacial score (nSPS) is 10.3. The molecule has 0 unspecified atom stereocenters. The molecule has 0 aromatic heterocycles. The summed E-state index contributed by atoms with van der Waals surface area (Å²) in [7, 11) is 1.98. The molecule has 0 aliphatic carbocycles. The Morgan fingerprint density at radius 2 is 2.15 bits per heavy atom. The van der Waals surface area contributed by atoms with Gasteiger partial charge in [-0.15, -0.1) is 0 Å². The third-order valence-corrected chi connectivity index (χ3v) is 1.52. The molecule has 0 amide bonds. The molecule has 3 heteroatoms. The second-order valence-corrected chi connectivity index (χ2v) is 2.62. The van der Waals surface area contributed by atoms with E-state index < -0.39 is 0 Å². The maximum absolute atomic E-state index is 8.31. The fourth-order valence-corrected chi connectivity index (χ4v) is 0.574. The lowest BCUT2D eigenvalue weighted by atomic mass is 10.3. The molecule has 0 saturated heterocycles. The van der Waals surface area contributed by atoms with Crippen LogP contribution in [0.2, 0.25) is 0 Å². The first-order chi connectivity index (χ1) is 6.26. The van der Waals surface area contributed by atoms with Gasteiger partial charge in [-0.2, -0.15) is 0 Å². The van der Waals surface area contributed by atoms with Crippen molar-refractivity contribution >= 4 is 6.21 Å². The Kier molecular flexibility index (Phi) is 15.8. The minimum absolute atomic E-state index is 0.0278. The van der Waals surface area contributed by atoms with Gasteiger partial charge in [0, 0.05) is 6.21 Å². The summed E-state index contributed by atoms with van der Waals surface area (Å²) in [5.74, 6) is 0. The van der Waals surface area contributed by atoms with Crippen LogP contribution in [0.1, 0.15) is 26.7 Å². The van der Waals surface area contributed by atoms with Crippen LogP contribution in [0.25, 0.3) is 0 Å². The molecule has 0 aromatic rings. The van der Waals surface area contributed by atoms with Crippen LogP contribution >= 0.6 is 0 Å². The molecule has 0 saturated carbocycles. The highest BCUT2D eigenvalue weighted by molar-refractivity contribution is 5.75. The summed E-state index contributed by atoms with van der Waals surface area (Å²) in [5.41, 5.74) is 0.653. The summed E-state index contributed by atoms with van der Waals surface area (Å²) >= 11 is 0. The van der Waals surface area contributed by atoms with Gasteiger partial charge < -0.3 is 15.8 Å². The molecular formula is C10H22N2O. The van der Waals surface area contributed by atoms with Crippen molar-refractivity contribution in [2.45, 2.75) is 26.7 Å². The summed E-state index contributed by atoms with van der Waals surface area (Å²) in [6.07, 6.45) is 5.43. The monoisotopic (exact) mass is 186 g/mol. The van der Waals surface area contributed by atoms with Gasteiger partial charge in [0.1, 0.15) is 0 Å². The second-order valence-electron chi connectivity index (χ2n) is 2.62. The highest BCUT2D eigenvalue weighted by Crippen LogP contribution is 1.82. The Morgan fingerprint density at radius 1 is 1.54 bits per heavy atom. The van der Waals surface area contributed by atoms with E-state index in [9.17, 15) is 0 Å². The predicted octanol–water partition coefficient (Wildman–Crippen LogP) is 1.58. The molecule has 0 heterocycles. The zero-order valence-corrected chi connectivity index (χ0v) is 8.93. The molecule has 0 spiro atoms. The molecule has 13 heavy (non-hydrogen) atoms. The standard InChI is InChI=1S/C5H9NO.C5H13N/c1-2-5(3-6)4-7;1-3-4-5-6-2/h2-3,6-7H,4H2,1H3;6H,3-5H2,1-2H3/b5-2-,6-3?;. The van der Waals surface area contributed by atoms with Crippen LogP contribution in [-0.2, 0) is 0 Å². The number of aliphatic hydroxyl groups is 1. The SMILES string of the molecule is C/C=C(/C=N)CO.CCCCNC. The molecule has 3 N–H and O–H groups in total. The van der Waals surface area contributed by atoms with Crippen LogP contribution < -0.4 is 5.32 Å². The van der Waals surface area contributed by atoms with Crippen molar-refractivity contribution in [2.24, 2.45) is 0 Å². The van der Waals surface area contributed by atoms with E-state index in [1.165, 1.54) is 12.8 Å². The number of nitrogens with one attached hydrogen (secondary N) is 2. The summed E-state index contributed by atoms with van der Waals surface area (Å²) in [6.45, 7) is 5.12. The molecule has 0 fully saturated rings. The van der Waals surface area contributed by atoms with E-state index in [1.807, 2.05) is 7.05 Å². The number of hydrogen-bond acceptors (Lipinski definition) is 3. The smallest absolute Gasteiger partial charge is 0.0693 e. The number of unbranched alkanes of at least 4 members (excludes halogenated alkanes) is 1. The van der Waals surface area contributed by atoms with Crippen molar-refractivity contribution in [2.75, 3.05) is 20.2 Å². The first-order valence-electron chi connectivity index (χ1n) is 4.67. The first-order valence-corrected chi connectivity index (χ1v) is 4.67. The van der Waals surface area contributed by atoms with Crippen LogP contribution in [0.15, 0.2) is 11.6 Å². The summed E-state index contributed by atoms with van der Waals surface area (Å²) in [4.78, 5) is 0. The fourth-order valence-electron chi connectivity index (χ4n) is 0.574. The highest BCUT2D eigenvalue weighted by Gasteiger charge is 1.80. The number of rotatable bonds is 5. The van der Waals surface area contributed by atoms with E-state index in [0.717, 1.165) is 12.8 Å². The summed E-state index contributed by atoms with van der Waals surface area (Å²) < 4.78 is 0. The second kappa shape index (κ2) is 13.9. The fraction of sp³-hybridized carbons (Fsp3) is 0.700. The molecule has 0 aliphatic heterocycles. The van der Waals surface area contributed by atoms with Gasteiger partial charge in [0.15, 0.2) is 0 Å². The molecule has 0 bridgehead atoms. The van der Waals surface area contributed by atoms with Crippen LogP contribution in [0.5, 0.6) is 0 Å². The number of hydrogen-bond donors (Lipinski definition) is 3. The average molecular weight is 186 g/mol. The lowest BCUT2D eigenvalue weighted by Crippen LogP contribution is -2.06. The zero-order chi connectivity index (χ0) is 10.5. The van der Waals surface area contributed by atoms with E-state index in [4.69, 9.17) is 10.5 Å². The molecule has 0 aromatic carbocycles. The molecule has 3 nitrogen and oxygen atoms in total. The van der Waals surface area contributed by atoms with Crippen LogP contribution in [0, 0.1) is 5.41 Å². The van der Waals surface area contributed by atoms with Crippen molar-refractivity contribution in [1.82, 2.24) is 5.32 Å². The molecule has 0 aliphatic rings. The van der Waals surface area contributed by atoms with Crippen LogP contribution in [0.3, 0.4) is 0 Å². The Balaban J connectivity index is 0. The third-order valence-electron chi connectivity index (χ3n) is 1.52. The van der Waals surface area contributed by atoms with E-state index in [1.54, 1.807) is 13.0 Å². The van der Waals surface area contributed by atoms with Crippen molar-refractivity contribution in [3.8, 4) is 0 Å². The molecule has 0 radical (unpaired) electrons. The zero-order valence-electron chi connectivity index (χ0n) is 8.93. The lowest BCUT2D eigenvalue weighted by Gasteiger charge is -1.89. The van der Waals surface area contributed by atoms with E-state index in [2.05, 4.69) is 12.2 Å². The van der Waals surface area contributed by atoms with Gasteiger partial charge in [-0.1, -0.05) is 19.4 Å². The van der Waals surface area contributed by atoms with E-state index in [0.29, 0.717) is 5.57 Å². The predicted molar refractivity (Wildman–Crippen MR) is 58.5 cm³/mol. The van der Waals surface area contributed by atoms with Gasteiger partial charge in [-0.25, -0.2) is 0 Å². The number of aliphatic hydroxyl groups excluding tert-OH is 1. The first kappa shape index (κ1) is 14.8. The quantitative estimate of drug-likeness (QED) is 0.451. The minimum atomic E-state index is -0.0278. The highest BCUT2D eigenvalue weighted by atomic mass is 16.3. The molecular weight excluding hydrogens is 164 g/mol. The van der Waals surface area contributed by atoms with Crippen molar-refractivity contribution < 1.29 is 5.11 Å². The summed E-state index contributed by atoms with van der Waals surface area (Å²) in [5, 5.41) is 18.0. The third kappa shape index (κ3) is 14.2. The van der Waals surface area contributed by atoms with Crippen LogP contribution in [0.4, 0.5) is 0 Å². The minimum Gasteiger partial charge on any atom is -0.392 e. The Labute approximate surface area is 81.4 Å². The number of allylic oxidation sites excluding steroid dienone is 1. The Morgan fingerprint density at radius 3 is 2.23 bits per heavy atom. The van der Waals surface area contributed by atoms with Crippen molar-refractivity contribution in [3.05, 3.63) is 11.6 Å². The molecule has 78 valence electrons. The van der Waals surface area contributed by atoms with Crippen LogP contribution in [-0.4, -0.2) is 31.5 Å². The van der Waals surface area contributed by atoms with Gasteiger partial charge in [-0.3, -0.25) is 0 Å². The van der Waals surface area contributed by atoms with Gasteiger partial charge in [0.25, 0.3) is 0 Å². The molecule has 0 rings (SSSR count). The lowest BCUT2D eigenvalue weighted by molar-refractivity contribution is 0.337. The Bertz CT molecular complexity index is 129. The van der Waals surface area contributed by atoms with Gasteiger partial charge in [-0.05, 0) is 32.5 Å². The van der Waals surface area contributed by atoms with Gasteiger partial charge in [0.05, 0.1) is 6.61 Å².